The van der Waals surface area contributed by atoms with Crippen molar-refractivity contribution in [3.8, 4) is 22.3 Å². The summed E-state index contributed by atoms with van der Waals surface area (Å²) in [6.07, 6.45) is 0. The van der Waals surface area contributed by atoms with Crippen molar-refractivity contribution in [3.05, 3.63) is 210 Å². The Balaban J connectivity index is 1.07. The lowest BCUT2D eigenvalue weighted by Gasteiger charge is -2.43. The summed E-state index contributed by atoms with van der Waals surface area (Å²) in [6.45, 7) is 25.6. The van der Waals surface area contributed by atoms with Crippen LogP contribution in [0.2, 0.25) is 0 Å². The van der Waals surface area contributed by atoms with Crippen molar-refractivity contribution in [1.29, 1.82) is 0 Å². The van der Waals surface area contributed by atoms with Crippen molar-refractivity contribution >= 4 is 110 Å². The molecule has 75 heavy (non-hydrogen) atoms. The molecular formula is C71H65BN2S. The fourth-order valence-corrected chi connectivity index (χ4v) is 13.6. The summed E-state index contributed by atoms with van der Waals surface area (Å²) >= 11 is 1.98. The molecule has 368 valence electrons. The fraction of sp³-hybridized carbons (Fsp3) is 0.211. The van der Waals surface area contributed by atoms with Crippen molar-refractivity contribution in [1.82, 2.24) is 0 Å². The fourth-order valence-electron chi connectivity index (χ4n) is 12.3. The third kappa shape index (κ3) is 7.65. The number of hydrogen-bond acceptors (Lipinski definition) is 3. The van der Waals surface area contributed by atoms with Crippen LogP contribution in [0.1, 0.15) is 104 Å². The maximum atomic E-state index is 2.62. The van der Waals surface area contributed by atoms with E-state index in [1.165, 1.54) is 137 Å². The second-order valence-corrected chi connectivity index (χ2v) is 25.9. The van der Waals surface area contributed by atoms with Gasteiger partial charge in [-0.2, -0.15) is 0 Å². The second-order valence-electron chi connectivity index (χ2n) is 24.8. The Hall–Kier alpha value is -7.40. The first-order valence-corrected chi connectivity index (χ1v) is 27.9. The number of fused-ring (bicyclic) bond motifs is 12. The van der Waals surface area contributed by atoms with Gasteiger partial charge in [-0.25, -0.2) is 0 Å². The summed E-state index contributed by atoms with van der Waals surface area (Å²) in [4.78, 5) is 5.24. The van der Waals surface area contributed by atoms with Crippen LogP contribution < -0.4 is 25.5 Å². The molecule has 2 nitrogen and oxygen atoms in total. The first-order valence-electron chi connectivity index (χ1n) is 27.1. The molecule has 0 aliphatic carbocycles. The lowest BCUT2D eigenvalue weighted by Crippen LogP contribution is -2.60. The van der Waals surface area contributed by atoms with Crippen LogP contribution in [0.3, 0.4) is 0 Å². The van der Waals surface area contributed by atoms with E-state index in [1.807, 2.05) is 11.3 Å². The van der Waals surface area contributed by atoms with Crippen LogP contribution in [0, 0.1) is 0 Å². The molecule has 1 aromatic heterocycles. The molecule has 0 N–H and O–H groups in total. The van der Waals surface area contributed by atoms with Gasteiger partial charge in [-0.1, -0.05) is 204 Å². The van der Waals surface area contributed by atoms with Gasteiger partial charge in [0.05, 0.1) is 11.4 Å². The third-order valence-electron chi connectivity index (χ3n) is 16.5. The van der Waals surface area contributed by atoms with E-state index in [9.17, 15) is 0 Å². The zero-order chi connectivity index (χ0) is 51.9. The molecule has 3 heterocycles. The van der Waals surface area contributed by atoms with E-state index in [0.29, 0.717) is 5.92 Å². The predicted octanol–water partition coefficient (Wildman–Crippen LogP) is 18.8. The normalized spacial score (nSPS) is 13.6. The van der Waals surface area contributed by atoms with Crippen molar-refractivity contribution in [2.24, 2.45) is 0 Å². The Morgan fingerprint density at radius 2 is 0.960 bits per heavy atom. The first-order chi connectivity index (χ1) is 35.9. The Kier molecular flexibility index (Phi) is 10.8. The van der Waals surface area contributed by atoms with Gasteiger partial charge in [0.25, 0.3) is 6.71 Å². The summed E-state index contributed by atoms with van der Waals surface area (Å²) in [5.41, 5.74) is 20.3. The molecule has 0 radical (unpaired) electrons. The quantitative estimate of drug-likeness (QED) is 0.125. The average molecular weight is 989 g/mol. The van der Waals surface area contributed by atoms with Crippen molar-refractivity contribution < 1.29 is 0 Å². The summed E-state index contributed by atoms with van der Waals surface area (Å²) < 4.78 is 2.72. The molecule has 0 saturated heterocycles. The second kappa shape index (κ2) is 17.1. The highest BCUT2D eigenvalue weighted by Crippen LogP contribution is 2.51. The monoisotopic (exact) mass is 988 g/mol. The number of nitrogens with zero attached hydrogens (tertiary/aromatic N) is 2. The molecule has 0 bridgehead atoms. The topological polar surface area (TPSA) is 6.48 Å². The predicted molar refractivity (Wildman–Crippen MR) is 329 cm³/mol. The molecule has 13 rings (SSSR count). The van der Waals surface area contributed by atoms with Crippen LogP contribution in [0.4, 0.5) is 34.1 Å². The standard InChI is InChI=1S/C71H65BN2S/c1-43(2)45-29-35-62-60(40-45)72-66-63(73(67-59-42-50(71(9,10)11)31-37-65(59)75-68(67)72)51-32-26-44(27-33-51)46-18-16-19-48(38-46)69(3,4)5)24-17-25-64(66)74(62)61-36-30-49(70(6,7)8)41-57(61)47-28-34-56-54-22-13-12-20-52(54)53-21-14-15-23-55(53)58(56)39-47/h12-43H,1-11H3. The Morgan fingerprint density at radius 3 is 1.61 bits per heavy atom. The summed E-state index contributed by atoms with van der Waals surface area (Å²) in [7, 11) is 0. The van der Waals surface area contributed by atoms with Crippen molar-refractivity contribution in [2.45, 2.75) is 98.3 Å². The summed E-state index contributed by atoms with van der Waals surface area (Å²) in [5.74, 6) is 0.365. The lowest BCUT2D eigenvalue weighted by molar-refractivity contribution is 0.590. The van der Waals surface area contributed by atoms with Gasteiger partial charge in [-0.05, 0) is 165 Å². The Morgan fingerprint density at radius 1 is 0.400 bits per heavy atom. The smallest absolute Gasteiger partial charge is 0.264 e. The van der Waals surface area contributed by atoms with Crippen LogP contribution in [-0.4, -0.2) is 6.71 Å². The van der Waals surface area contributed by atoms with Crippen LogP contribution in [0.15, 0.2) is 188 Å². The van der Waals surface area contributed by atoms with Gasteiger partial charge in [0.1, 0.15) is 0 Å². The Labute approximate surface area is 448 Å². The van der Waals surface area contributed by atoms with E-state index in [2.05, 4.69) is 274 Å². The molecule has 0 unspecified atom stereocenters. The third-order valence-corrected chi connectivity index (χ3v) is 17.7. The van der Waals surface area contributed by atoms with Gasteiger partial charge >= 0.3 is 0 Å². The van der Waals surface area contributed by atoms with Gasteiger partial charge in [0.2, 0.25) is 0 Å². The van der Waals surface area contributed by atoms with Crippen molar-refractivity contribution in [3.63, 3.8) is 0 Å². The molecule has 11 aromatic rings. The molecule has 0 atom stereocenters. The molecule has 0 amide bonds. The number of hydrogen-bond donors (Lipinski definition) is 0. The molecule has 0 spiro atoms. The van der Waals surface area contributed by atoms with E-state index in [-0.39, 0.29) is 23.0 Å². The minimum atomic E-state index is -0.0636. The highest BCUT2D eigenvalue weighted by Gasteiger charge is 2.46. The molecule has 10 aromatic carbocycles. The lowest BCUT2D eigenvalue weighted by atomic mass is 9.36. The minimum absolute atomic E-state index is 0.00684. The zero-order valence-corrected chi connectivity index (χ0v) is 46.2. The summed E-state index contributed by atoms with van der Waals surface area (Å²) in [6, 6.07) is 72.6. The molecular weight excluding hydrogens is 924 g/mol. The van der Waals surface area contributed by atoms with Crippen LogP contribution >= 0.6 is 11.3 Å². The maximum Gasteiger partial charge on any atom is 0.264 e. The first kappa shape index (κ1) is 47.3. The molecule has 0 saturated carbocycles. The van der Waals surface area contributed by atoms with Crippen molar-refractivity contribution in [2.75, 3.05) is 9.80 Å². The zero-order valence-electron chi connectivity index (χ0n) is 45.4. The number of rotatable bonds is 5. The number of benzene rings is 10. The van der Waals surface area contributed by atoms with Gasteiger partial charge < -0.3 is 9.80 Å². The Bertz CT molecular complexity index is 4080. The van der Waals surface area contributed by atoms with Gasteiger partial charge in [0, 0.05) is 43.2 Å². The largest absolute Gasteiger partial charge is 0.311 e. The van der Waals surface area contributed by atoms with Gasteiger partial charge in [0.15, 0.2) is 0 Å². The maximum absolute atomic E-state index is 2.62. The van der Waals surface area contributed by atoms with Gasteiger partial charge in [-0.3, -0.25) is 0 Å². The molecule has 4 heteroatoms. The van der Waals surface area contributed by atoms with Crippen LogP contribution in [0.5, 0.6) is 0 Å². The van der Waals surface area contributed by atoms with Crippen LogP contribution in [0.25, 0.3) is 64.7 Å². The summed E-state index contributed by atoms with van der Waals surface area (Å²) in [5, 5.41) is 9.04. The number of anilines is 6. The number of thiophene rings is 1. The minimum Gasteiger partial charge on any atom is -0.311 e. The van der Waals surface area contributed by atoms with E-state index in [1.54, 1.807) is 0 Å². The molecule has 0 fully saturated rings. The van der Waals surface area contributed by atoms with Gasteiger partial charge in [-0.15, -0.1) is 11.3 Å². The highest BCUT2D eigenvalue weighted by atomic mass is 32.1. The average Bonchev–Trinajstić information content (AvgIpc) is 3.79. The van der Waals surface area contributed by atoms with E-state index in [4.69, 9.17) is 0 Å². The molecule has 2 aliphatic heterocycles. The SMILES string of the molecule is CC(C)c1ccc2c(c1)B1c3sc4ccc(C(C)(C)C)cc4c3N(c3ccc(-c4cccc(C(C)(C)C)c4)cc3)c3cccc(c31)N2c1ccc(C(C)(C)C)cc1-c1ccc2c3ccccc3c3ccccc3c2c1. The van der Waals surface area contributed by atoms with E-state index in [0.717, 1.165) is 0 Å². The van der Waals surface area contributed by atoms with E-state index < -0.39 is 0 Å². The molecule has 2 aliphatic rings. The van der Waals surface area contributed by atoms with Crippen LogP contribution in [-0.2, 0) is 16.2 Å². The van der Waals surface area contributed by atoms with E-state index >= 15 is 0 Å². The highest BCUT2D eigenvalue weighted by molar-refractivity contribution is 7.33.